The zero-order valence-electron chi connectivity index (χ0n) is 8.36. The molecule has 0 radical (unpaired) electrons. The third kappa shape index (κ3) is 2.43. The molecule has 1 aromatic heterocycles. The van der Waals surface area contributed by atoms with Crippen LogP contribution in [0.4, 0.5) is 5.69 Å². The Balaban J connectivity index is 2.35. The lowest BCUT2D eigenvalue weighted by molar-refractivity contribution is -0.385. The molecule has 0 aliphatic carbocycles. The highest BCUT2D eigenvalue weighted by atomic mass is 32.2. The number of aromatic nitrogens is 1. The summed E-state index contributed by atoms with van der Waals surface area (Å²) in [6, 6.07) is 6.12. The van der Waals surface area contributed by atoms with Crippen molar-refractivity contribution in [2.75, 3.05) is 0 Å². The second-order valence-corrected chi connectivity index (χ2v) is 3.97. The Morgan fingerprint density at radius 1 is 1.53 bits per heavy atom. The summed E-state index contributed by atoms with van der Waals surface area (Å²) in [5.74, 6) is 0. The number of nitriles is 1. The van der Waals surface area contributed by atoms with Crippen molar-refractivity contribution < 1.29 is 9.34 Å². The van der Waals surface area contributed by atoms with Gasteiger partial charge < -0.3 is 4.42 Å². The summed E-state index contributed by atoms with van der Waals surface area (Å²) in [5, 5.41) is 19.9. The average molecular weight is 247 g/mol. The minimum absolute atomic E-state index is 0.0340. The van der Waals surface area contributed by atoms with Gasteiger partial charge in [0, 0.05) is 11.0 Å². The largest absolute Gasteiger partial charge is 0.440 e. The van der Waals surface area contributed by atoms with Gasteiger partial charge in [0.1, 0.15) is 17.9 Å². The van der Waals surface area contributed by atoms with E-state index in [4.69, 9.17) is 9.68 Å². The Morgan fingerprint density at radius 3 is 2.94 bits per heavy atom. The van der Waals surface area contributed by atoms with Crippen molar-refractivity contribution in [3.63, 3.8) is 0 Å². The van der Waals surface area contributed by atoms with E-state index in [9.17, 15) is 10.1 Å². The molecule has 0 saturated heterocycles. The maximum absolute atomic E-state index is 10.7. The summed E-state index contributed by atoms with van der Waals surface area (Å²) in [6.45, 7) is 0. The van der Waals surface area contributed by atoms with Gasteiger partial charge in [0.05, 0.1) is 11.1 Å². The molecule has 0 aliphatic rings. The molecule has 1 heterocycles. The number of rotatable bonds is 3. The maximum atomic E-state index is 10.7. The van der Waals surface area contributed by atoms with Crippen LogP contribution < -0.4 is 0 Å². The van der Waals surface area contributed by atoms with Gasteiger partial charge in [-0.3, -0.25) is 10.1 Å². The molecule has 84 valence electrons. The first-order valence-electron chi connectivity index (χ1n) is 4.46. The normalized spacial score (nSPS) is 9.82. The number of nitro benzene ring substituents is 1. The van der Waals surface area contributed by atoms with Crippen LogP contribution in [0.1, 0.15) is 5.56 Å². The van der Waals surface area contributed by atoms with E-state index in [0.29, 0.717) is 10.1 Å². The van der Waals surface area contributed by atoms with Crippen molar-refractivity contribution in [1.82, 2.24) is 4.98 Å². The maximum Gasteiger partial charge on any atom is 0.288 e. The van der Waals surface area contributed by atoms with Crippen LogP contribution in [0.25, 0.3) is 0 Å². The highest BCUT2D eigenvalue weighted by Gasteiger charge is 2.15. The Morgan fingerprint density at radius 2 is 2.35 bits per heavy atom. The first kappa shape index (κ1) is 11.2. The van der Waals surface area contributed by atoms with Gasteiger partial charge in [-0.15, -0.1) is 0 Å². The number of nitro groups is 1. The van der Waals surface area contributed by atoms with E-state index in [2.05, 4.69) is 4.98 Å². The van der Waals surface area contributed by atoms with Gasteiger partial charge in [-0.2, -0.15) is 5.26 Å². The molecule has 2 rings (SSSR count). The van der Waals surface area contributed by atoms with Crippen molar-refractivity contribution in [1.29, 1.82) is 5.26 Å². The Bertz CT molecular complexity index is 589. The standard InChI is InChI=1S/C10H5N3O3S/c11-6-7-1-2-8(5-9(7)13(14)15)17-10-12-3-4-16-10/h1-5H. The lowest BCUT2D eigenvalue weighted by Gasteiger charge is -1.98. The van der Waals surface area contributed by atoms with Gasteiger partial charge in [0.2, 0.25) is 0 Å². The SMILES string of the molecule is N#Cc1ccc(Sc2ncco2)cc1[N+](=O)[O-]. The van der Waals surface area contributed by atoms with Gasteiger partial charge in [-0.05, 0) is 23.9 Å². The van der Waals surface area contributed by atoms with Gasteiger partial charge in [0.15, 0.2) is 0 Å². The molecule has 0 saturated carbocycles. The third-order valence-electron chi connectivity index (χ3n) is 1.90. The molecule has 0 aliphatic heterocycles. The monoisotopic (exact) mass is 247 g/mol. The van der Waals surface area contributed by atoms with Gasteiger partial charge in [0.25, 0.3) is 10.9 Å². The lowest BCUT2D eigenvalue weighted by Crippen LogP contribution is -1.92. The first-order valence-corrected chi connectivity index (χ1v) is 5.28. The molecule has 2 aromatic rings. The van der Waals surface area contributed by atoms with Crippen LogP contribution in [0, 0.1) is 21.4 Å². The second-order valence-electron chi connectivity index (χ2n) is 2.95. The number of benzene rings is 1. The first-order chi connectivity index (χ1) is 8.20. The molecular formula is C10H5N3O3S. The van der Waals surface area contributed by atoms with Crippen LogP contribution in [0.2, 0.25) is 0 Å². The van der Waals surface area contributed by atoms with Crippen LogP contribution >= 0.6 is 11.8 Å². The van der Waals surface area contributed by atoms with E-state index in [1.807, 2.05) is 0 Å². The summed E-state index contributed by atoms with van der Waals surface area (Å²) in [6.07, 6.45) is 2.90. The molecule has 0 spiro atoms. The molecule has 0 atom stereocenters. The van der Waals surface area contributed by atoms with Gasteiger partial charge in [-0.25, -0.2) is 4.98 Å². The summed E-state index contributed by atoms with van der Waals surface area (Å²) in [7, 11) is 0. The van der Waals surface area contributed by atoms with Crippen LogP contribution in [-0.2, 0) is 0 Å². The summed E-state index contributed by atoms with van der Waals surface area (Å²) in [5.41, 5.74) is -0.184. The molecule has 0 unspecified atom stereocenters. The van der Waals surface area contributed by atoms with E-state index in [0.717, 1.165) is 11.8 Å². The Labute approximate surface area is 100 Å². The van der Waals surface area contributed by atoms with E-state index >= 15 is 0 Å². The minimum atomic E-state index is -0.585. The summed E-state index contributed by atoms with van der Waals surface area (Å²) in [4.78, 5) is 14.6. The van der Waals surface area contributed by atoms with Crippen LogP contribution in [0.15, 0.2) is 45.2 Å². The van der Waals surface area contributed by atoms with Gasteiger partial charge in [-0.1, -0.05) is 0 Å². The van der Waals surface area contributed by atoms with Crippen LogP contribution in [0.3, 0.4) is 0 Å². The predicted molar refractivity (Wildman–Crippen MR) is 58.4 cm³/mol. The molecule has 17 heavy (non-hydrogen) atoms. The average Bonchev–Trinajstić information content (AvgIpc) is 2.81. The van der Waals surface area contributed by atoms with Crippen molar-refractivity contribution in [2.24, 2.45) is 0 Å². The van der Waals surface area contributed by atoms with Crippen molar-refractivity contribution in [3.05, 3.63) is 46.3 Å². The lowest BCUT2D eigenvalue weighted by atomic mass is 10.2. The van der Waals surface area contributed by atoms with E-state index in [1.54, 1.807) is 12.1 Å². The highest BCUT2D eigenvalue weighted by molar-refractivity contribution is 7.99. The molecule has 6 nitrogen and oxygen atoms in total. The number of nitrogens with zero attached hydrogens (tertiary/aromatic N) is 3. The number of hydrogen-bond donors (Lipinski definition) is 0. The smallest absolute Gasteiger partial charge is 0.288 e. The molecule has 0 bridgehead atoms. The van der Waals surface area contributed by atoms with Crippen LogP contribution in [-0.4, -0.2) is 9.91 Å². The van der Waals surface area contributed by atoms with Crippen molar-refractivity contribution >= 4 is 17.4 Å². The molecule has 1 aromatic carbocycles. The molecule has 0 N–H and O–H groups in total. The third-order valence-corrected chi connectivity index (χ3v) is 2.77. The van der Waals surface area contributed by atoms with E-state index in [-0.39, 0.29) is 11.3 Å². The molecular weight excluding hydrogens is 242 g/mol. The minimum Gasteiger partial charge on any atom is -0.440 e. The van der Waals surface area contributed by atoms with Crippen molar-refractivity contribution in [2.45, 2.75) is 10.1 Å². The van der Waals surface area contributed by atoms with E-state index < -0.39 is 4.92 Å². The molecule has 7 heteroatoms. The zero-order chi connectivity index (χ0) is 12.3. The van der Waals surface area contributed by atoms with Crippen molar-refractivity contribution in [3.8, 4) is 6.07 Å². The summed E-state index contributed by atoms with van der Waals surface area (Å²) >= 11 is 1.15. The van der Waals surface area contributed by atoms with Crippen LogP contribution in [0.5, 0.6) is 0 Å². The Hall–Kier alpha value is -2.33. The fourth-order valence-electron chi connectivity index (χ4n) is 1.18. The number of hydrogen-bond acceptors (Lipinski definition) is 6. The molecule has 0 fully saturated rings. The fourth-order valence-corrected chi connectivity index (χ4v) is 1.91. The van der Waals surface area contributed by atoms with E-state index in [1.165, 1.54) is 24.6 Å². The summed E-state index contributed by atoms with van der Waals surface area (Å²) < 4.78 is 5.01. The molecule has 0 amide bonds. The quantitative estimate of drug-likeness (QED) is 0.611. The fraction of sp³-hybridized carbons (Fsp3) is 0. The van der Waals surface area contributed by atoms with Gasteiger partial charge >= 0.3 is 0 Å². The second kappa shape index (κ2) is 4.67. The highest BCUT2D eigenvalue weighted by Crippen LogP contribution is 2.30. The Kier molecular flexibility index (Phi) is 3.07. The predicted octanol–water partition coefficient (Wildman–Crippen LogP) is 2.61. The zero-order valence-corrected chi connectivity index (χ0v) is 9.18. The number of oxazole rings is 1. The topological polar surface area (TPSA) is 93.0 Å².